The number of benzene rings is 3. The number of carbonyl (C=O) groups is 2. The minimum absolute atomic E-state index is 0.00767. The van der Waals surface area contributed by atoms with E-state index in [1.54, 1.807) is 47.4 Å². The second-order valence-electron chi connectivity index (χ2n) is 7.92. The number of rotatable bonds is 7. The van der Waals surface area contributed by atoms with Crippen LogP contribution in [0.1, 0.15) is 10.4 Å². The van der Waals surface area contributed by atoms with Crippen molar-refractivity contribution in [2.24, 2.45) is 0 Å². The lowest BCUT2D eigenvalue weighted by atomic mass is 10.1. The number of nitrogens with zero attached hydrogens (tertiary/aromatic N) is 2. The van der Waals surface area contributed by atoms with Crippen LogP contribution in [0.2, 0.25) is 10.0 Å². The molecule has 36 heavy (non-hydrogen) atoms. The standard InChI is InChI=1S/C25H23Cl2N3O5S/c26-18-10-11-23(21(27)16-18)30(36(33,34)19-6-2-1-3-7-19)17-24(31)28-22-9-5-4-8-20(22)25(32)29-12-14-35-15-13-29/h1-11,16H,12-15,17H2,(H,28,31). The molecule has 0 radical (unpaired) electrons. The van der Waals surface area contributed by atoms with Gasteiger partial charge in [0.2, 0.25) is 5.91 Å². The number of hydrogen-bond donors (Lipinski definition) is 1. The summed E-state index contributed by atoms with van der Waals surface area (Å²) >= 11 is 12.3. The van der Waals surface area contributed by atoms with E-state index in [1.807, 2.05) is 0 Å². The summed E-state index contributed by atoms with van der Waals surface area (Å²) in [6.07, 6.45) is 0. The Morgan fingerprint density at radius 3 is 2.31 bits per heavy atom. The molecule has 2 amide bonds. The lowest BCUT2D eigenvalue weighted by Crippen LogP contribution is -2.41. The summed E-state index contributed by atoms with van der Waals surface area (Å²) in [5.41, 5.74) is 0.672. The SMILES string of the molecule is O=C(CN(c1ccc(Cl)cc1Cl)S(=O)(=O)c1ccccc1)Nc1ccccc1C(=O)N1CCOCC1. The molecule has 1 saturated heterocycles. The third kappa shape index (κ3) is 5.82. The number of sulfonamides is 1. The van der Waals surface area contributed by atoms with Gasteiger partial charge in [0.15, 0.2) is 0 Å². The van der Waals surface area contributed by atoms with Crippen molar-refractivity contribution >= 4 is 56.4 Å². The number of para-hydroxylation sites is 1. The van der Waals surface area contributed by atoms with E-state index in [0.717, 1.165) is 4.31 Å². The summed E-state index contributed by atoms with van der Waals surface area (Å²) in [6.45, 7) is 1.18. The third-order valence-corrected chi connectivity index (χ3v) is 7.84. The first kappa shape index (κ1) is 26.0. The van der Waals surface area contributed by atoms with Gasteiger partial charge >= 0.3 is 0 Å². The Balaban J connectivity index is 1.63. The quantitative estimate of drug-likeness (QED) is 0.475. The fraction of sp³-hybridized carbons (Fsp3) is 0.200. The first-order chi connectivity index (χ1) is 17.3. The van der Waals surface area contributed by atoms with Gasteiger partial charge in [0, 0.05) is 18.1 Å². The van der Waals surface area contributed by atoms with Crippen LogP contribution in [0.5, 0.6) is 0 Å². The van der Waals surface area contributed by atoms with E-state index in [0.29, 0.717) is 36.9 Å². The van der Waals surface area contributed by atoms with Crippen LogP contribution in [-0.2, 0) is 19.6 Å². The second-order valence-corrected chi connectivity index (χ2v) is 10.6. The Hall–Kier alpha value is -3.11. The van der Waals surface area contributed by atoms with Crippen LogP contribution in [0.15, 0.2) is 77.7 Å². The van der Waals surface area contributed by atoms with Crippen molar-refractivity contribution in [2.45, 2.75) is 4.90 Å². The molecule has 0 bridgehead atoms. The second kappa shape index (κ2) is 11.3. The van der Waals surface area contributed by atoms with Gasteiger partial charge in [0.25, 0.3) is 15.9 Å². The Labute approximate surface area is 219 Å². The smallest absolute Gasteiger partial charge is 0.264 e. The predicted molar refractivity (Wildman–Crippen MR) is 139 cm³/mol. The zero-order chi connectivity index (χ0) is 25.7. The molecule has 1 N–H and O–H groups in total. The van der Waals surface area contributed by atoms with Crippen LogP contribution in [-0.4, -0.2) is 58.0 Å². The maximum Gasteiger partial charge on any atom is 0.264 e. The van der Waals surface area contributed by atoms with E-state index >= 15 is 0 Å². The Kier molecular flexibility index (Phi) is 8.15. The highest BCUT2D eigenvalue weighted by Crippen LogP contribution is 2.32. The van der Waals surface area contributed by atoms with Crippen LogP contribution in [0.4, 0.5) is 11.4 Å². The van der Waals surface area contributed by atoms with E-state index in [4.69, 9.17) is 27.9 Å². The molecule has 11 heteroatoms. The molecule has 0 aliphatic carbocycles. The van der Waals surface area contributed by atoms with Gasteiger partial charge in [-0.15, -0.1) is 0 Å². The van der Waals surface area contributed by atoms with Gasteiger partial charge in [-0.2, -0.15) is 0 Å². The van der Waals surface area contributed by atoms with E-state index in [9.17, 15) is 18.0 Å². The highest BCUT2D eigenvalue weighted by atomic mass is 35.5. The Morgan fingerprint density at radius 2 is 1.61 bits per heavy atom. The van der Waals surface area contributed by atoms with Gasteiger partial charge < -0.3 is 15.0 Å². The summed E-state index contributed by atoms with van der Waals surface area (Å²) in [5, 5.41) is 3.08. The maximum atomic E-state index is 13.5. The van der Waals surface area contributed by atoms with Crippen molar-refractivity contribution in [1.29, 1.82) is 0 Å². The summed E-state index contributed by atoms with van der Waals surface area (Å²) in [4.78, 5) is 27.9. The molecule has 1 aliphatic rings. The number of amides is 2. The number of hydrogen-bond acceptors (Lipinski definition) is 5. The van der Waals surface area contributed by atoms with Gasteiger partial charge in [-0.25, -0.2) is 8.42 Å². The van der Waals surface area contributed by atoms with Crippen molar-refractivity contribution < 1.29 is 22.7 Å². The summed E-state index contributed by atoms with van der Waals surface area (Å²) in [5.74, 6) is -0.897. The molecule has 1 aliphatic heterocycles. The summed E-state index contributed by atoms with van der Waals surface area (Å²) < 4.78 is 33.3. The molecule has 3 aromatic carbocycles. The first-order valence-electron chi connectivity index (χ1n) is 11.1. The van der Waals surface area contributed by atoms with E-state index in [-0.39, 0.29) is 27.2 Å². The lowest BCUT2D eigenvalue weighted by molar-refractivity contribution is -0.114. The fourth-order valence-electron chi connectivity index (χ4n) is 3.74. The number of morpholine rings is 1. The largest absolute Gasteiger partial charge is 0.378 e. The zero-order valence-corrected chi connectivity index (χ0v) is 21.4. The van der Waals surface area contributed by atoms with Crippen molar-refractivity contribution in [3.8, 4) is 0 Å². The van der Waals surface area contributed by atoms with E-state index in [1.165, 1.54) is 30.3 Å². The van der Waals surface area contributed by atoms with Gasteiger partial charge in [-0.3, -0.25) is 13.9 Å². The number of halogens is 2. The number of carbonyl (C=O) groups excluding carboxylic acids is 2. The fourth-order valence-corrected chi connectivity index (χ4v) is 5.76. The van der Waals surface area contributed by atoms with E-state index < -0.39 is 22.5 Å². The van der Waals surface area contributed by atoms with Crippen LogP contribution in [0.3, 0.4) is 0 Å². The van der Waals surface area contributed by atoms with Crippen LogP contribution in [0, 0.1) is 0 Å². The monoisotopic (exact) mass is 547 g/mol. The molecular weight excluding hydrogens is 525 g/mol. The number of nitrogens with one attached hydrogen (secondary N) is 1. The highest BCUT2D eigenvalue weighted by Gasteiger charge is 2.29. The minimum atomic E-state index is -4.16. The third-order valence-electron chi connectivity index (χ3n) is 5.53. The molecule has 8 nitrogen and oxygen atoms in total. The predicted octanol–water partition coefficient (Wildman–Crippen LogP) is 4.30. The van der Waals surface area contributed by atoms with E-state index in [2.05, 4.69) is 5.32 Å². The van der Waals surface area contributed by atoms with Gasteiger partial charge in [0.05, 0.1) is 40.1 Å². The maximum absolute atomic E-state index is 13.5. The topological polar surface area (TPSA) is 96.0 Å². The molecule has 188 valence electrons. The molecule has 0 atom stereocenters. The minimum Gasteiger partial charge on any atom is -0.378 e. The normalized spacial score (nSPS) is 13.8. The van der Waals surface area contributed by atoms with Crippen molar-refractivity contribution in [2.75, 3.05) is 42.5 Å². The average molecular weight is 548 g/mol. The molecule has 1 heterocycles. The average Bonchev–Trinajstić information content (AvgIpc) is 2.88. The van der Waals surface area contributed by atoms with Crippen molar-refractivity contribution in [1.82, 2.24) is 4.90 Å². The Bertz CT molecular complexity index is 1360. The number of ether oxygens (including phenoxy) is 1. The number of anilines is 2. The van der Waals surface area contributed by atoms with Crippen LogP contribution < -0.4 is 9.62 Å². The lowest BCUT2D eigenvalue weighted by Gasteiger charge is -2.28. The van der Waals surface area contributed by atoms with Crippen LogP contribution in [0.25, 0.3) is 0 Å². The van der Waals surface area contributed by atoms with Crippen LogP contribution >= 0.6 is 23.2 Å². The van der Waals surface area contributed by atoms with Crippen molar-refractivity contribution in [3.05, 3.63) is 88.4 Å². The zero-order valence-electron chi connectivity index (χ0n) is 19.1. The summed E-state index contributed by atoms with van der Waals surface area (Å²) in [6, 6.07) is 18.6. The molecule has 3 aromatic rings. The van der Waals surface area contributed by atoms with Gasteiger partial charge in [-0.05, 0) is 42.5 Å². The molecule has 0 spiro atoms. The Morgan fingerprint density at radius 1 is 0.944 bits per heavy atom. The molecule has 1 fully saturated rings. The molecule has 0 saturated carbocycles. The molecular formula is C25H23Cl2N3O5S. The molecule has 4 rings (SSSR count). The summed E-state index contributed by atoms with van der Waals surface area (Å²) in [7, 11) is -4.16. The molecule has 0 unspecified atom stereocenters. The molecule has 0 aromatic heterocycles. The van der Waals surface area contributed by atoms with Gasteiger partial charge in [-0.1, -0.05) is 53.5 Å². The van der Waals surface area contributed by atoms with Gasteiger partial charge in [0.1, 0.15) is 6.54 Å². The highest BCUT2D eigenvalue weighted by molar-refractivity contribution is 7.92. The first-order valence-corrected chi connectivity index (χ1v) is 13.3. The van der Waals surface area contributed by atoms with Crippen molar-refractivity contribution in [3.63, 3.8) is 0 Å².